The van der Waals surface area contributed by atoms with Crippen LogP contribution in [0.25, 0.3) is 0 Å². The molecule has 1 fully saturated rings. The van der Waals surface area contributed by atoms with Gasteiger partial charge in [0.05, 0.1) is 0 Å². The third kappa shape index (κ3) is 1.09. The van der Waals surface area contributed by atoms with Crippen LogP contribution in [-0.2, 0) is 0 Å². The second-order valence-electron chi connectivity index (χ2n) is 3.09. The predicted octanol–water partition coefficient (Wildman–Crippen LogP) is 2.03. The van der Waals surface area contributed by atoms with Gasteiger partial charge in [-0.2, -0.15) is 0 Å². The van der Waals surface area contributed by atoms with Gasteiger partial charge >= 0.3 is 0 Å². The number of nitrogens with zero attached hydrogens (tertiary/aromatic N) is 1. The molecule has 1 aromatic rings. The number of aldehydes is 1. The number of hydrogen-bond acceptors (Lipinski definition) is 1. The molecule has 0 amide bonds. The molecule has 58 valence electrons. The van der Waals surface area contributed by atoms with Crippen molar-refractivity contribution >= 4 is 6.29 Å². The molecule has 1 aliphatic carbocycles. The molecule has 1 heterocycles. The molecule has 2 heteroatoms. The molecule has 0 atom stereocenters. The molecule has 0 spiro atoms. The Morgan fingerprint density at radius 3 is 2.82 bits per heavy atom. The van der Waals surface area contributed by atoms with E-state index < -0.39 is 0 Å². The molecule has 0 unspecified atom stereocenters. The zero-order chi connectivity index (χ0) is 7.68. The molecular formula is C9H11NO. The number of carbonyl (C=O) groups is 1. The van der Waals surface area contributed by atoms with E-state index in [1.54, 1.807) is 0 Å². The Morgan fingerprint density at radius 2 is 2.36 bits per heavy atom. The Hall–Kier alpha value is -1.05. The van der Waals surface area contributed by atoms with Gasteiger partial charge in [-0.3, -0.25) is 4.79 Å². The number of aromatic nitrogens is 1. The topological polar surface area (TPSA) is 22.0 Å². The van der Waals surface area contributed by atoms with Crippen LogP contribution in [0.2, 0.25) is 0 Å². The van der Waals surface area contributed by atoms with Crippen LogP contribution in [0.5, 0.6) is 0 Å². The van der Waals surface area contributed by atoms with Crippen molar-refractivity contribution in [1.82, 2.24) is 4.57 Å². The maximum atomic E-state index is 10.3. The average molecular weight is 149 g/mol. The van der Waals surface area contributed by atoms with Crippen LogP contribution in [0.3, 0.4) is 0 Å². The normalized spacial score (nSPS) is 17.8. The third-order valence-electron chi connectivity index (χ3n) is 2.37. The van der Waals surface area contributed by atoms with E-state index in [9.17, 15) is 4.79 Å². The maximum Gasteiger partial charge on any atom is 0.151 e. The van der Waals surface area contributed by atoms with Gasteiger partial charge in [0.25, 0.3) is 0 Å². The van der Waals surface area contributed by atoms with Crippen molar-refractivity contribution in [1.29, 1.82) is 0 Å². The summed E-state index contributed by atoms with van der Waals surface area (Å²) in [5.74, 6) is 0. The average Bonchev–Trinajstić information content (AvgIpc) is 2.32. The summed E-state index contributed by atoms with van der Waals surface area (Å²) in [5.41, 5.74) is 0.789. The largest absolute Gasteiger partial charge is 0.351 e. The first-order valence-corrected chi connectivity index (χ1v) is 4.03. The van der Waals surface area contributed by atoms with E-state index >= 15 is 0 Å². The van der Waals surface area contributed by atoms with Crippen molar-refractivity contribution in [2.24, 2.45) is 0 Å². The monoisotopic (exact) mass is 149 g/mol. The van der Waals surface area contributed by atoms with E-state index in [2.05, 4.69) is 4.57 Å². The SMILES string of the molecule is O=Cc1ccn(C2CCC2)c1. The zero-order valence-electron chi connectivity index (χ0n) is 6.36. The van der Waals surface area contributed by atoms with Crippen LogP contribution in [0, 0.1) is 0 Å². The molecule has 0 bridgehead atoms. The highest BCUT2D eigenvalue weighted by Gasteiger charge is 2.18. The highest BCUT2D eigenvalue weighted by atomic mass is 16.1. The Labute approximate surface area is 65.8 Å². The molecule has 11 heavy (non-hydrogen) atoms. The fourth-order valence-electron chi connectivity index (χ4n) is 1.41. The first kappa shape index (κ1) is 6.65. The van der Waals surface area contributed by atoms with Crippen LogP contribution < -0.4 is 0 Å². The van der Waals surface area contributed by atoms with Crippen molar-refractivity contribution < 1.29 is 4.79 Å². The summed E-state index contributed by atoms with van der Waals surface area (Å²) in [6, 6.07) is 2.54. The van der Waals surface area contributed by atoms with Gasteiger partial charge in [0.15, 0.2) is 6.29 Å². The molecular weight excluding hydrogens is 138 g/mol. The van der Waals surface area contributed by atoms with Crippen molar-refractivity contribution in [3.05, 3.63) is 24.0 Å². The molecule has 1 aliphatic rings. The number of carbonyl (C=O) groups excluding carboxylic acids is 1. The second-order valence-corrected chi connectivity index (χ2v) is 3.09. The molecule has 1 aromatic heterocycles. The Balaban J connectivity index is 2.17. The van der Waals surface area contributed by atoms with E-state index in [4.69, 9.17) is 0 Å². The second kappa shape index (κ2) is 2.53. The summed E-state index contributed by atoms with van der Waals surface area (Å²) in [6.07, 6.45) is 8.69. The summed E-state index contributed by atoms with van der Waals surface area (Å²) in [4.78, 5) is 10.3. The minimum absolute atomic E-state index is 0.670. The lowest BCUT2D eigenvalue weighted by Crippen LogP contribution is -2.14. The quantitative estimate of drug-likeness (QED) is 0.590. The van der Waals surface area contributed by atoms with E-state index in [1.165, 1.54) is 19.3 Å². The third-order valence-corrected chi connectivity index (χ3v) is 2.37. The highest BCUT2D eigenvalue weighted by molar-refractivity contribution is 5.74. The molecule has 0 radical (unpaired) electrons. The number of hydrogen-bond donors (Lipinski definition) is 0. The molecule has 2 rings (SSSR count). The lowest BCUT2D eigenvalue weighted by Gasteiger charge is -2.26. The van der Waals surface area contributed by atoms with Gasteiger partial charge in [0.2, 0.25) is 0 Å². The maximum absolute atomic E-state index is 10.3. The van der Waals surface area contributed by atoms with E-state index in [1.807, 2.05) is 18.5 Å². The van der Waals surface area contributed by atoms with Gasteiger partial charge in [0, 0.05) is 24.0 Å². The Kier molecular flexibility index (Phi) is 1.53. The fourth-order valence-corrected chi connectivity index (χ4v) is 1.41. The van der Waals surface area contributed by atoms with Gasteiger partial charge in [0.1, 0.15) is 0 Å². The van der Waals surface area contributed by atoms with Crippen LogP contribution in [0.4, 0.5) is 0 Å². The summed E-state index contributed by atoms with van der Waals surface area (Å²) >= 11 is 0. The van der Waals surface area contributed by atoms with Crippen molar-refractivity contribution in [2.45, 2.75) is 25.3 Å². The highest BCUT2D eigenvalue weighted by Crippen LogP contribution is 2.31. The van der Waals surface area contributed by atoms with Crippen molar-refractivity contribution in [3.8, 4) is 0 Å². The minimum Gasteiger partial charge on any atom is -0.351 e. The van der Waals surface area contributed by atoms with Crippen molar-refractivity contribution in [2.75, 3.05) is 0 Å². The van der Waals surface area contributed by atoms with Crippen LogP contribution in [0.15, 0.2) is 18.5 Å². The van der Waals surface area contributed by atoms with Crippen LogP contribution in [-0.4, -0.2) is 10.9 Å². The molecule has 0 aromatic carbocycles. The molecule has 0 aliphatic heterocycles. The van der Waals surface area contributed by atoms with Gasteiger partial charge < -0.3 is 4.57 Å². The van der Waals surface area contributed by atoms with Gasteiger partial charge in [-0.05, 0) is 25.3 Å². The molecule has 2 nitrogen and oxygen atoms in total. The summed E-state index contributed by atoms with van der Waals surface area (Å²) in [5, 5.41) is 0. The standard InChI is InChI=1S/C9H11NO/c11-7-8-4-5-10(6-8)9-2-1-3-9/h4-7,9H,1-3H2. The van der Waals surface area contributed by atoms with Crippen LogP contribution in [0.1, 0.15) is 35.7 Å². The van der Waals surface area contributed by atoms with Crippen molar-refractivity contribution in [3.63, 3.8) is 0 Å². The van der Waals surface area contributed by atoms with Crippen LogP contribution >= 0.6 is 0 Å². The predicted molar refractivity (Wildman–Crippen MR) is 42.7 cm³/mol. The molecule has 1 saturated carbocycles. The summed E-state index contributed by atoms with van der Waals surface area (Å²) in [7, 11) is 0. The zero-order valence-corrected chi connectivity index (χ0v) is 6.36. The Bertz CT molecular complexity index is 260. The van der Waals surface area contributed by atoms with Gasteiger partial charge in [-0.25, -0.2) is 0 Å². The fraction of sp³-hybridized carbons (Fsp3) is 0.444. The van der Waals surface area contributed by atoms with Gasteiger partial charge in [-0.15, -0.1) is 0 Å². The lowest BCUT2D eigenvalue weighted by molar-refractivity contribution is 0.112. The molecule has 0 saturated heterocycles. The summed E-state index contributed by atoms with van der Waals surface area (Å²) in [6.45, 7) is 0. The van der Waals surface area contributed by atoms with E-state index in [0.717, 1.165) is 11.8 Å². The van der Waals surface area contributed by atoms with E-state index in [0.29, 0.717) is 6.04 Å². The van der Waals surface area contributed by atoms with Gasteiger partial charge in [-0.1, -0.05) is 0 Å². The first-order valence-electron chi connectivity index (χ1n) is 4.03. The first-order chi connectivity index (χ1) is 5.40. The Morgan fingerprint density at radius 1 is 1.55 bits per heavy atom. The number of rotatable bonds is 2. The smallest absolute Gasteiger partial charge is 0.151 e. The van der Waals surface area contributed by atoms with E-state index in [-0.39, 0.29) is 0 Å². The molecule has 0 N–H and O–H groups in total. The minimum atomic E-state index is 0.670. The lowest BCUT2D eigenvalue weighted by atomic mass is 9.93. The summed E-state index contributed by atoms with van der Waals surface area (Å²) < 4.78 is 2.15.